The Balaban J connectivity index is 1.95. The number of hydrogen-bond acceptors (Lipinski definition) is 5. The molecule has 2 aliphatic rings. The van der Waals surface area contributed by atoms with E-state index in [4.69, 9.17) is 9.47 Å². The van der Waals surface area contributed by atoms with Gasteiger partial charge in [-0.05, 0) is 26.1 Å². The number of benzene rings is 1. The predicted molar refractivity (Wildman–Crippen MR) is 97.7 cm³/mol. The van der Waals surface area contributed by atoms with Crippen LogP contribution in [0.5, 0.6) is 11.5 Å². The predicted octanol–water partition coefficient (Wildman–Crippen LogP) is 1.13. The summed E-state index contributed by atoms with van der Waals surface area (Å²) >= 11 is 0. The zero-order chi connectivity index (χ0) is 18.7. The van der Waals surface area contributed by atoms with Gasteiger partial charge in [-0.2, -0.15) is 0 Å². The number of nitrogens with zero attached hydrogens (tertiary/aromatic N) is 2. The van der Waals surface area contributed by atoms with Gasteiger partial charge in [-0.15, -0.1) is 0 Å². The maximum absolute atomic E-state index is 13.1. The number of likely N-dealkylation sites (N-methyl/N-ethyl adjacent to an activating group) is 1. The smallest absolute Gasteiger partial charge is 0.258 e. The summed E-state index contributed by atoms with van der Waals surface area (Å²) in [4.78, 5) is 29.1. The molecule has 0 unspecified atom stereocenters. The molecule has 7 heteroatoms. The molecule has 1 aromatic carbocycles. The first kappa shape index (κ1) is 18.5. The second-order valence-corrected chi connectivity index (χ2v) is 7.07. The van der Waals surface area contributed by atoms with Crippen LogP contribution < -0.4 is 14.8 Å². The Morgan fingerprint density at radius 1 is 1.35 bits per heavy atom. The summed E-state index contributed by atoms with van der Waals surface area (Å²) in [7, 11) is 3.67. The van der Waals surface area contributed by atoms with E-state index in [1.807, 2.05) is 6.92 Å². The van der Waals surface area contributed by atoms with Crippen LogP contribution in [0.15, 0.2) is 18.2 Å². The van der Waals surface area contributed by atoms with Crippen molar-refractivity contribution in [2.75, 3.05) is 46.9 Å². The van der Waals surface area contributed by atoms with Crippen LogP contribution in [0, 0.1) is 0 Å². The Morgan fingerprint density at radius 3 is 2.73 bits per heavy atom. The van der Waals surface area contributed by atoms with E-state index in [1.165, 1.54) is 0 Å². The third kappa shape index (κ3) is 3.77. The quantitative estimate of drug-likeness (QED) is 0.871. The van der Waals surface area contributed by atoms with Crippen molar-refractivity contribution in [1.29, 1.82) is 0 Å². The Morgan fingerprint density at radius 2 is 2.08 bits per heavy atom. The Bertz CT molecular complexity index is 683. The highest BCUT2D eigenvalue weighted by Gasteiger charge is 2.43. The molecule has 0 aromatic heterocycles. The molecule has 0 aliphatic carbocycles. The summed E-state index contributed by atoms with van der Waals surface area (Å²) in [6.07, 6.45) is 1.61. The number of fused-ring (bicyclic) bond motifs is 1. The fourth-order valence-corrected chi connectivity index (χ4v) is 3.59. The van der Waals surface area contributed by atoms with Crippen LogP contribution in [0.1, 0.15) is 30.1 Å². The van der Waals surface area contributed by atoms with Gasteiger partial charge in [0, 0.05) is 38.5 Å². The lowest BCUT2D eigenvalue weighted by Gasteiger charge is -2.41. The molecule has 1 saturated heterocycles. The lowest BCUT2D eigenvalue weighted by Crippen LogP contribution is -2.54. The topological polar surface area (TPSA) is 71.1 Å². The maximum Gasteiger partial charge on any atom is 0.258 e. The van der Waals surface area contributed by atoms with Crippen molar-refractivity contribution >= 4 is 11.8 Å². The number of nitrogens with one attached hydrogen (secondary N) is 1. The molecule has 1 aromatic rings. The van der Waals surface area contributed by atoms with Crippen molar-refractivity contribution in [1.82, 2.24) is 15.1 Å². The average molecular weight is 361 g/mol. The van der Waals surface area contributed by atoms with Crippen molar-refractivity contribution in [2.45, 2.75) is 25.4 Å². The molecule has 2 heterocycles. The number of rotatable bonds is 4. The second-order valence-electron chi connectivity index (χ2n) is 7.07. The van der Waals surface area contributed by atoms with E-state index in [9.17, 15) is 9.59 Å². The SMILES string of the molecule is CCNC(=O)CN1CC2(CCN(C)CC2)Oc2cc(OC)ccc2C1=O. The molecule has 142 valence electrons. The summed E-state index contributed by atoms with van der Waals surface area (Å²) < 4.78 is 11.7. The summed E-state index contributed by atoms with van der Waals surface area (Å²) in [5.41, 5.74) is -0.00219. The molecular formula is C19H27N3O4. The highest BCUT2D eigenvalue weighted by atomic mass is 16.5. The van der Waals surface area contributed by atoms with E-state index < -0.39 is 5.60 Å². The van der Waals surface area contributed by atoms with E-state index >= 15 is 0 Å². The molecule has 1 spiro atoms. The van der Waals surface area contributed by atoms with Crippen LogP contribution in [0.25, 0.3) is 0 Å². The highest BCUT2D eigenvalue weighted by molar-refractivity contribution is 5.99. The van der Waals surface area contributed by atoms with Gasteiger partial charge in [0.2, 0.25) is 5.91 Å². The van der Waals surface area contributed by atoms with Gasteiger partial charge < -0.3 is 24.6 Å². The number of likely N-dealkylation sites (tertiary alicyclic amines) is 1. The van der Waals surface area contributed by atoms with Crippen LogP contribution in [0.3, 0.4) is 0 Å². The van der Waals surface area contributed by atoms with Crippen LogP contribution >= 0.6 is 0 Å². The summed E-state index contributed by atoms with van der Waals surface area (Å²) in [6, 6.07) is 5.23. The summed E-state index contributed by atoms with van der Waals surface area (Å²) in [6.45, 7) is 4.64. The van der Waals surface area contributed by atoms with Gasteiger partial charge in [-0.3, -0.25) is 9.59 Å². The zero-order valence-corrected chi connectivity index (χ0v) is 15.7. The molecule has 1 fully saturated rings. The van der Waals surface area contributed by atoms with Crippen molar-refractivity contribution in [3.8, 4) is 11.5 Å². The third-order valence-electron chi connectivity index (χ3n) is 5.12. The number of hydrogen-bond donors (Lipinski definition) is 1. The second kappa shape index (κ2) is 7.53. The number of piperidine rings is 1. The van der Waals surface area contributed by atoms with Crippen LogP contribution in [-0.2, 0) is 4.79 Å². The largest absolute Gasteiger partial charge is 0.497 e. The fourth-order valence-electron chi connectivity index (χ4n) is 3.59. The lowest BCUT2D eigenvalue weighted by molar-refractivity contribution is -0.122. The van der Waals surface area contributed by atoms with E-state index in [1.54, 1.807) is 30.2 Å². The molecule has 2 aliphatic heterocycles. The minimum absolute atomic E-state index is 0.0408. The molecule has 0 atom stereocenters. The Hall–Kier alpha value is -2.28. The van der Waals surface area contributed by atoms with E-state index in [0.29, 0.717) is 30.2 Å². The van der Waals surface area contributed by atoms with Crippen LogP contribution in [0.4, 0.5) is 0 Å². The minimum Gasteiger partial charge on any atom is -0.497 e. The molecule has 1 N–H and O–H groups in total. The molecule has 0 radical (unpaired) electrons. The van der Waals surface area contributed by atoms with E-state index in [2.05, 4.69) is 17.3 Å². The molecule has 2 amide bonds. The first-order chi connectivity index (χ1) is 12.5. The van der Waals surface area contributed by atoms with Crippen LogP contribution in [-0.4, -0.2) is 74.1 Å². The van der Waals surface area contributed by atoms with Crippen molar-refractivity contribution in [3.63, 3.8) is 0 Å². The van der Waals surface area contributed by atoms with Gasteiger partial charge in [0.15, 0.2) is 0 Å². The van der Waals surface area contributed by atoms with Gasteiger partial charge in [0.05, 0.1) is 25.8 Å². The fraction of sp³-hybridized carbons (Fsp3) is 0.579. The molecule has 26 heavy (non-hydrogen) atoms. The van der Waals surface area contributed by atoms with Gasteiger partial charge in [-0.25, -0.2) is 0 Å². The molecule has 0 bridgehead atoms. The van der Waals surface area contributed by atoms with E-state index in [0.717, 1.165) is 25.9 Å². The molecule has 3 rings (SSSR count). The van der Waals surface area contributed by atoms with Crippen LogP contribution in [0.2, 0.25) is 0 Å². The standard InChI is InChI=1S/C19H27N3O4/c1-4-20-17(23)12-22-13-19(7-9-21(2)10-8-19)26-16-11-14(25-3)5-6-15(16)18(22)24/h5-6,11H,4,7-10,12-13H2,1-3H3,(H,20,23). The summed E-state index contributed by atoms with van der Waals surface area (Å²) in [5, 5.41) is 2.77. The Labute approximate surface area is 154 Å². The average Bonchev–Trinajstić information content (AvgIpc) is 2.73. The number of methoxy groups -OCH3 is 1. The number of carbonyl (C=O) groups is 2. The summed E-state index contributed by atoms with van der Waals surface area (Å²) in [5.74, 6) is 0.861. The van der Waals surface area contributed by atoms with Gasteiger partial charge >= 0.3 is 0 Å². The normalized spacial score (nSPS) is 19.5. The number of amides is 2. The minimum atomic E-state index is -0.480. The number of carbonyl (C=O) groups excluding carboxylic acids is 2. The maximum atomic E-state index is 13.1. The lowest BCUT2D eigenvalue weighted by atomic mass is 9.90. The zero-order valence-electron chi connectivity index (χ0n) is 15.7. The van der Waals surface area contributed by atoms with Crippen molar-refractivity contribution in [3.05, 3.63) is 23.8 Å². The number of ether oxygens (including phenoxy) is 2. The first-order valence-corrected chi connectivity index (χ1v) is 9.08. The van der Waals surface area contributed by atoms with Crippen molar-refractivity contribution in [2.24, 2.45) is 0 Å². The van der Waals surface area contributed by atoms with Crippen molar-refractivity contribution < 1.29 is 19.1 Å². The van der Waals surface area contributed by atoms with E-state index in [-0.39, 0.29) is 18.4 Å². The molecular weight excluding hydrogens is 334 g/mol. The highest BCUT2D eigenvalue weighted by Crippen LogP contribution is 2.37. The van der Waals surface area contributed by atoms with Gasteiger partial charge in [0.1, 0.15) is 17.1 Å². The third-order valence-corrected chi connectivity index (χ3v) is 5.12. The molecule has 0 saturated carbocycles. The molecule has 7 nitrogen and oxygen atoms in total. The van der Waals surface area contributed by atoms with Gasteiger partial charge in [-0.1, -0.05) is 0 Å². The van der Waals surface area contributed by atoms with Gasteiger partial charge in [0.25, 0.3) is 5.91 Å². The Kier molecular flexibility index (Phi) is 5.36. The first-order valence-electron chi connectivity index (χ1n) is 9.08. The monoisotopic (exact) mass is 361 g/mol.